The third kappa shape index (κ3) is 2.72. The first-order chi connectivity index (χ1) is 10.3. The van der Waals surface area contributed by atoms with E-state index in [4.69, 9.17) is 0 Å². The van der Waals surface area contributed by atoms with Crippen molar-refractivity contribution in [3.05, 3.63) is 65.6 Å². The molecule has 0 bridgehead atoms. The number of rotatable bonds is 4. The molecule has 0 atom stereocenters. The van der Waals surface area contributed by atoms with Gasteiger partial charge < -0.3 is 0 Å². The Morgan fingerprint density at radius 1 is 1.10 bits per heavy atom. The Bertz CT molecular complexity index is 748. The summed E-state index contributed by atoms with van der Waals surface area (Å²) < 4.78 is 1.74. The molecular formula is C16H14N4O. The van der Waals surface area contributed by atoms with Gasteiger partial charge in [0.2, 0.25) is 0 Å². The lowest BCUT2D eigenvalue weighted by atomic mass is 10.1. The molecule has 0 aliphatic heterocycles. The third-order valence-electron chi connectivity index (χ3n) is 3.28. The van der Waals surface area contributed by atoms with E-state index >= 15 is 0 Å². The molecular weight excluding hydrogens is 264 g/mol. The van der Waals surface area contributed by atoms with Crippen molar-refractivity contribution in [2.45, 2.75) is 13.5 Å². The van der Waals surface area contributed by atoms with Crippen LogP contribution in [0.3, 0.4) is 0 Å². The zero-order chi connectivity index (χ0) is 14.7. The molecule has 5 heteroatoms. The van der Waals surface area contributed by atoms with Gasteiger partial charge in [0.25, 0.3) is 0 Å². The van der Waals surface area contributed by atoms with E-state index in [1.54, 1.807) is 17.1 Å². The van der Waals surface area contributed by atoms with Gasteiger partial charge in [0.05, 0.1) is 12.2 Å². The molecule has 21 heavy (non-hydrogen) atoms. The molecule has 3 rings (SSSR count). The number of aromatic nitrogens is 4. The van der Waals surface area contributed by atoms with Crippen molar-refractivity contribution in [1.82, 2.24) is 20.0 Å². The van der Waals surface area contributed by atoms with Crippen molar-refractivity contribution in [2.75, 3.05) is 0 Å². The Balaban J connectivity index is 2.01. The highest BCUT2D eigenvalue weighted by molar-refractivity contribution is 5.83. The second-order valence-corrected chi connectivity index (χ2v) is 4.82. The highest BCUT2D eigenvalue weighted by Gasteiger charge is 2.14. The van der Waals surface area contributed by atoms with Crippen LogP contribution in [0, 0.1) is 6.92 Å². The average molecular weight is 278 g/mol. The number of hydrogen-bond donors (Lipinski definition) is 0. The van der Waals surface area contributed by atoms with Crippen molar-refractivity contribution in [1.29, 1.82) is 0 Å². The van der Waals surface area contributed by atoms with Crippen LogP contribution in [0.15, 0.2) is 48.8 Å². The largest absolute Gasteiger partial charge is 0.296 e. The maximum Gasteiger partial charge on any atom is 0.172 e. The number of aryl methyl sites for hydroxylation is 1. The lowest BCUT2D eigenvalue weighted by Gasteiger charge is -2.07. The summed E-state index contributed by atoms with van der Waals surface area (Å²) in [5, 5.41) is 8.05. The second kappa shape index (κ2) is 5.66. The van der Waals surface area contributed by atoms with Crippen LogP contribution in [0.25, 0.3) is 11.3 Å². The smallest absolute Gasteiger partial charge is 0.172 e. The first-order valence-electron chi connectivity index (χ1n) is 6.62. The highest BCUT2D eigenvalue weighted by atomic mass is 16.1. The quantitative estimate of drug-likeness (QED) is 0.688. The fourth-order valence-corrected chi connectivity index (χ4v) is 2.19. The summed E-state index contributed by atoms with van der Waals surface area (Å²) in [6.07, 6.45) is 4.11. The van der Waals surface area contributed by atoms with Crippen molar-refractivity contribution >= 4 is 6.29 Å². The zero-order valence-electron chi connectivity index (χ0n) is 11.6. The van der Waals surface area contributed by atoms with Crippen LogP contribution in [-0.2, 0) is 6.54 Å². The molecule has 2 heterocycles. The SMILES string of the molecule is Cc1ccc(Cn2nnc(C=O)c2-c2ccncc2)cc1. The van der Waals surface area contributed by atoms with Gasteiger partial charge in [-0.05, 0) is 24.6 Å². The van der Waals surface area contributed by atoms with Gasteiger partial charge in [0.1, 0.15) is 0 Å². The molecule has 0 N–H and O–H groups in total. The van der Waals surface area contributed by atoms with E-state index in [2.05, 4.69) is 27.4 Å². The monoisotopic (exact) mass is 278 g/mol. The average Bonchev–Trinajstić information content (AvgIpc) is 2.93. The van der Waals surface area contributed by atoms with E-state index in [1.165, 1.54) is 5.56 Å². The van der Waals surface area contributed by atoms with Crippen molar-refractivity contribution in [3.8, 4) is 11.3 Å². The van der Waals surface area contributed by atoms with E-state index in [0.717, 1.165) is 17.4 Å². The Morgan fingerprint density at radius 3 is 2.48 bits per heavy atom. The topological polar surface area (TPSA) is 60.7 Å². The Hall–Kier alpha value is -2.82. The molecule has 1 aromatic carbocycles. The number of pyridine rings is 1. The van der Waals surface area contributed by atoms with Crippen LogP contribution < -0.4 is 0 Å². The van der Waals surface area contributed by atoms with E-state index in [-0.39, 0.29) is 0 Å². The Labute approximate surface area is 122 Å². The van der Waals surface area contributed by atoms with Crippen LogP contribution in [0.4, 0.5) is 0 Å². The van der Waals surface area contributed by atoms with E-state index in [1.807, 2.05) is 31.2 Å². The molecule has 0 unspecified atom stereocenters. The van der Waals surface area contributed by atoms with Crippen LogP contribution >= 0.6 is 0 Å². The molecule has 3 aromatic rings. The van der Waals surface area contributed by atoms with Crippen molar-refractivity contribution < 1.29 is 4.79 Å². The molecule has 0 saturated heterocycles. The molecule has 0 aliphatic carbocycles. The minimum Gasteiger partial charge on any atom is -0.296 e. The predicted molar refractivity (Wildman–Crippen MR) is 78.9 cm³/mol. The van der Waals surface area contributed by atoms with Crippen molar-refractivity contribution in [3.63, 3.8) is 0 Å². The number of nitrogens with zero attached hydrogens (tertiary/aromatic N) is 4. The Kier molecular flexibility index (Phi) is 3.55. The molecule has 0 fully saturated rings. The van der Waals surface area contributed by atoms with Gasteiger partial charge >= 0.3 is 0 Å². The summed E-state index contributed by atoms with van der Waals surface area (Å²) in [4.78, 5) is 15.2. The second-order valence-electron chi connectivity index (χ2n) is 4.82. The van der Waals surface area contributed by atoms with Crippen molar-refractivity contribution in [2.24, 2.45) is 0 Å². The lowest BCUT2D eigenvalue weighted by molar-refractivity contribution is 0.111. The Morgan fingerprint density at radius 2 is 1.81 bits per heavy atom. The van der Waals surface area contributed by atoms with Gasteiger partial charge in [-0.2, -0.15) is 0 Å². The van der Waals surface area contributed by atoms with E-state index < -0.39 is 0 Å². The van der Waals surface area contributed by atoms with Gasteiger partial charge in [-0.25, -0.2) is 4.68 Å². The fraction of sp³-hybridized carbons (Fsp3) is 0.125. The molecule has 0 amide bonds. The molecule has 0 radical (unpaired) electrons. The maximum absolute atomic E-state index is 11.2. The standard InChI is InChI=1S/C16H14N4O/c1-12-2-4-13(5-3-12)10-20-16(15(11-21)18-19-20)14-6-8-17-9-7-14/h2-9,11H,10H2,1H3. The fourth-order valence-electron chi connectivity index (χ4n) is 2.19. The molecule has 5 nitrogen and oxygen atoms in total. The number of aldehydes is 1. The van der Waals surface area contributed by atoms with Gasteiger partial charge in [0.15, 0.2) is 12.0 Å². The summed E-state index contributed by atoms with van der Waals surface area (Å²) in [5.74, 6) is 0. The van der Waals surface area contributed by atoms with E-state index in [0.29, 0.717) is 17.9 Å². The highest BCUT2D eigenvalue weighted by Crippen LogP contribution is 2.21. The molecule has 0 spiro atoms. The van der Waals surface area contributed by atoms with Crippen LogP contribution in [0.1, 0.15) is 21.6 Å². The summed E-state index contributed by atoms with van der Waals surface area (Å²) in [6, 6.07) is 11.9. The number of hydrogen-bond acceptors (Lipinski definition) is 4. The summed E-state index contributed by atoms with van der Waals surface area (Å²) in [5.41, 5.74) is 4.25. The molecule has 2 aromatic heterocycles. The number of benzene rings is 1. The summed E-state index contributed by atoms with van der Waals surface area (Å²) in [6.45, 7) is 2.62. The lowest BCUT2D eigenvalue weighted by Crippen LogP contribution is -2.04. The van der Waals surface area contributed by atoms with Crippen LogP contribution in [0.2, 0.25) is 0 Å². The number of carbonyl (C=O) groups is 1. The minimum absolute atomic E-state index is 0.341. The van der Waals surface area contributed by atoms with Crippen LogP contribution in [0.5, 0.6) is 0 Å². The van der Waals surface area contributed by atoms with Gasteiger partial charge in [-0.3, -0.25) is 9.78 Å². The predicted octanol–water partition coefficient (Wildman–Crippen LogP) is 2.51. The first-order valence-corrected chi connectivity index (χ1v) is 6.62. The van der Waals surface area contributed by atoms with Gasteiger partial charge in [-0.15, -0.1) is 5.10 Å². The third-order valence-corrected chi connectivity index (χ3v) is 3.28. The van der Waals surface area contributed by atoms with E-state index in [9.17, 15) is 4.79 Å². The summed E-state index contributed by atoms with van der Waals surface area (Å²) in [7, 11) is 0. The van der Waals surface area contributed by atoms with Crippen LogP contribution in [-0.4, -0.2) is 26.3 Å². The molecule has 104 valence electrons. The van der Waals surface area contributed by atoms with Gasteiger partial charge in [0, 0.05) is 18.0 Å². The summed E-state index contributed by atoms with van der Waals surface area (Å²) >= 11 is 0. The maximum atomic E-state index is 11.2. The molecule has 0 saturated carbocycles. The molecule has 0 aliphatic rings. The number of carbonyl (C=O) groups excluding carboxylic acids is 1. The first kappa shape index (κ1) is 13.2. The minimum atomic E-state index is 0.341. The van der Waals surface area contributed by atoms with Gasteiger partial charge in [-0.1, -0.05) is 35.0 Å². The zero-order valence-corrected chi connectivity index (χ0v) is 11.6. The normalized spacial score (nSPS) is 10.5.